The molecule has 0 aromatic heterocycles. The van der Waals surface area contributed by atoms with Gasteiger partial charge in [-0.3, -0.25) is 4.79 Å². The number of hydrogen-bond acceptors (Lipinski definition) is 2. The van der Waals surface area contributed by atoms with Crippen LogP contribution in [0.15, 0.2) is 0 Å². The van der Waals surface area contributed by atoms with Crippen LogP contribution in [0.2, 0.25) is 6.04 Å². The molecule has 0 rings (SSSR count). The van der Waals surface area contributed by atoms with E-state index in [2.05, 4.69) is 6.92 Å². The predicted octanol–water partition coefficient (Wildman–Crippen LogP) is 2.95. The van der Waals surface area contributed by atoms with Gasteiger partial charge >= 0.3 is 9.76 Å². The van der Waals surface area contributed by atoms with Crippen molar-refractivity contribution < 1.29 is 9.22 Å². The third-order valence-electron chi connectivity index (χ3n) is 1.81. The van der Waals surface area contributed by atoms with Crippen LogP contribution in [-0.4, -0.2) is 15.7 Å². The molecule has 0 saturated heterocycles. The molecule has 0 N–H and O–H groups in total. The minimum Gasteiger partial charge on any atom is -0.516 e. The molecule has 0 saturated carbocycles. The van der Waals surface area contributed by atoms with Gasteiger partial charge in [0, 0.05) is 6.42 Å². The van der Waals surface area contributed by atoms with Crippen molar-refractivity contribution in [1.29, 1.82) is 0 Å². The first-order valence-corrected chi connectivity index (χ1v) is 6.35. The average Bonchev–Trinajstić information content (AvgIpc) is 2.14. The highest BCUT2D eigenvalue weighted by molar-refractivity contribution is 6.30. The summed E-state index contributed by atoms with van der Waals surface area (Å²) < 4.78 is 4.99. The first kappa shape index (κ1) is 12.7. The van der Waals surface area contributed by atoms with Gasteiger partial charge in [-0.05, 0) is 12.5 Å². The second-order valence-electron chi connectivity index (χ2n) is 3.14. The number of unbranched alkanes of at least 4 members (excludes halogenated alkanes) is 4. The largest absolute Gasteiger partial charge is 0.516 e. The molecule has 0 amide bonds. The van der Waals surface area contributed by atoms with E-state index in [-0.39, 0.29) is 5.97 Å². The van der Waals surface area contributed by atoms with E-state index in [0.29, 0.717) is 16.2 Å². The van der Waals surface area contributed by atoms with Gasteiger partial charge < -0.3 is 4.43 Å². The highest BCUT2D eigenvalue weighted by Crippen LogP contribution is 2.05. The Bertz CT molecular complexity index is 126. The summed E-state index contributed by atoms with van der Waals surface area (Å²) in [6.07, 6.45) is 6.55. The molecule has 2 nitrogen and oxygen atoms in total. The van der Waals surface area contributed by atoms with Gasteiger partial charge in [0.15, 0.2) is 0 Å². The third kappa shape index (κ3) is 9.60. The van der Waals surface area contributed by atoms with E-state index >= 15 is 0 Å². The molecule has 0 bridgehead atoms. The van der Waals surface area contributed by atoms with E-state index in [0.717, 1.165) is 18.9 Å². The zero-order valence-corrected chi connectivity index (χ0v) is 9.77. The molecule has 76 valence electrons. The smallest absolute Gasteiger partial charge is 0.314 e. The number of carbonyl (C=O) groups is 1. The Balaban J connectivity index is 3.08. The molecule has 0 spiro atoms. The lowest BCUT2D eigenvalue weighted by molar-refractivity contribution is -0.134. The van der Waals surface area contributed by atoms with Crippen molar-refractivity contribution in [2.45, 2.75) is 58.4 Å². The van der Waals surface area contributed by atoms with Gasteiger partial charge in [-0.1, -0.05) is 39.5 Å². The number of carbonyl (C=O) groups excluding carboxylic acids is 1. The van der Waals surface area contributed by atoms with Crippen molar-refractivity contribution in [3.8, 4) is 0 Å². The minimum absolute atomic E-state index is 0.0170. The lowest BCUT2D eigenvalue weighted by Gasteiger charge is -2.01. The maximum absolute atomic E-state index is 11.0. The second-order valence-corrected chi connectivity index (χ2v) is 4.34. The zero-order chi connectivity index (χ0) is 9.94. The summed E-state index contributed by atoms with van der Waals surface area (Å²) >= 11 is 0. The van der Waals surface area contributed by atoms with E-state index in [9.17, 15) is 4.79 Å². The van der Waals surface area contributed by atoms with Gasteiger partial charge in [-0.15, -0.1) is 0 Å². The quantitative estimate of drug-likeness (QED) is 0.445. The van der Waals surface area contributed by atoms with Gasteiger partial charge in [0.05, 0.1) is 0 Å². The van der Waals surface area contributed by atoms with Gasteiger partial charge in [0.2, 0.25) is 0 Å². The van der Waals surface area contributed by atoms with Crippen LogP contribution < -0.4 is 0 Å². The normalized spacial score (nSPS) is 10.0. The van der Waals surface area contributed by atoms with Gasteiger partial charge in [-0.2, -0.15) is 0 Å². The van der Waals surface area contributed by atoms with Crippen molar-refractivity contribution >= 4 is 15.7 Å². The van der Waals surface area contributed by atoms with Crippen LogP contribution in [0.25, 0.3) is 0 Å². The van der Waals surface area contributed by atoms with E-state index < -0.39 is 0 Å². The van der Waals surface area contributed by atoms with E-state index in [4.69, 9.17) is 4.43 Å². The minimum atomic E-state index is -0.0170. The Morgan fingerprint density at radius 1 is 1.15 bits per heavy atom. The summed E-state index contributed by atoms with van der Waals surface area (Å²) in [5, 5.41) is 0. The Kier molecular flexibility index (Phi) is 9.54. The maximum atomic E-state index is 11.0. The first-order valence-electron chi connectivity index (χ1n) is 5.23. The third-order valence-corrected chi connectivity index (χ3v) is 2.48. The second kappa shape index (κ2) is 9.77. The molecule has 0 atom stereocenters. The highest BCUT2D eigenvalue weighted by atomic mass is 28.2. The Hall–Kier alpha value is -0.313. The first-order chi connectivity index (χ1) is 6.31. The number of hydrogen-bond donors (Lipinski definition) is 0. The molecule has 0 aromatic carbocycles. The molecule has 0 aliphatic rings. The van der Waals surface area contributed by atoms with Crippen molar-refractivity contribution in [1.82, 2.24) is 0 Å². The molecular weight excluding hydrogens is 180 g/mol. The Morgan fingerprint density at radius 2 is 1.85 bits per heavy atom. The molecule has 3 heteroatoms. The monoisotopic (exact) mass is 200 g/mol. The summed E-state index contributed by atoms with van der Waals surface area (Å²) in [5.41, 5.74) is 0. The SMILES string of the molecule is CCCCCCCC(=O)O[Si]CC. The fraction of sp³-hybridized carbons (Fsp3) is 0.900. The summed E-state index contributed by atoms with van der Waals surface area (Å²) in [6.45, 7) is 4.21. The molecule has 0 unspecified atom stereocenters. The predicted molar refractivity (Wildman–Crippen MR) is 55.7 cm³/mol. The van der Waals surface area contributed by atoms with E-state index in [1.165, 1.54) is 19.3 Å². The maximum Gasteiger partial charge on any atom is 0.314 e. The van der Waals surface area contributed by atoms with Crippen LogP contribution in [0.4, 0.5) is 0 Å². The van der Waals surface area contributed by atoms with Crippen LogP contribution in [0.1, 0.15) is 52.4 Å². The number of rotatable bonds is 8. The summed E-state index contributed by atoms with van der Waals surface area (Å²) in [5.74, 6) is -0.0170. The van der Waals surface area contributed by atoms with Crippen molar-refractivity contribution in [3.05, 3.63) is 0 Å². The van der Waals surface area contributed by atoms with E-state index in [1.807, 2.05) is 6.92 Å². The molecule has 0 heterocycles. The van der Waals surface area contributed by atoms with Gasteiger partial charge in [0.1, 0.15) is 0 Å². The standard InChI is InChI=1S/C10H20O2Si/c1-3-5-6-7-8-9-10(11)12-13-4-2/h3-9H2,1-2H3. The lowest BCUT2D eigenvalue weighted by Crippen LogP contribution is -2.07. The summed E-state index contributed by atoms with van der Waals surface area (Å²) in [6, 6.07) is 0.946. The van der Waals surface area contributed by atoms with Crippen molar-refractivity contribution in [3.63, 3.8) is 0 Å². The van der Waals surface area contributed by atoms with Gasteiger partial charge in [-0.25, -0.2) is 0 Å². The fourth-order valence-electron chi connectivity index (χ4n) is 1.08. The van der Waals surface area contributed by atoms with Crippen LogP contribution in [0.3, 0.4) is 0 Å². The molecule has 13 heavy (non-hydrogen) atoms. The van der Waals surface area contributed by atoms with E-state index in [1.54, 1.807) is 0 Å². The fourth-order valence-corrected chi connectivity index (χ4v) is 1.48. The highest BCUT2D eigenvalue weighted by Gasteiger charge is 2.01. The molecular formula is C10H20O2Si. The van der Waals surface area contributed by atoms with Crippen molar-refractivity contribution in [2.24, 2.45) is 0 Å². The summed E-state index contributed by atoms with van der Waals surface area (Å²) in [7, 11) is 0.358. The molecule has 0 aliphatic carbocycles. The Labute approximate surface area is 84.0 Å². The van der Waals surface area contributed by atoms with Crippen molar-refractivity contribution in [2.75, 3.05) is 0 Å². The van der Waals surface area contributed by atoms with Crippen LogP contribution >= 0.6 is 0 Å². The zero-order valence-electron chi connectivity index (χ0n) is 8.77. The van der Waals surface area contributed by atoms with Gasteiger partial charge in [0.25, 0.3) is 5.97 Å². The summed E-state index contributed by atoms with van der Waals surface area (Å²) in [4.78, 5) is 11.0. The van der Waals surface area contributed by atoms with Crippen LogP contribution in [0.5, 0.6) is 0 Å². The topological polar surface area (TPSA) is 26.3 Å². The molecule has 0 aliphatic heterocycles. The van der Waals surface area contributed by atoms with Crippen LogP contribution in [-0.2, 0) is 9.22 Å². The van der Waals surface area contributed by atoms with Crippen LogP contribution in [0, 0.1) is 0 Å². The Morgan fingerprint density at radius 3 is 2.46 bits per heavy atom. The lowest BCUT2D eigenvalue weighted by atomic mass is 10.1. The molecule has 0 aromatic rings. The molecule has 2 radical (unpaired) electrons. The average molecular weight is 200 g/mol. The molecule has 0 fully saturated rings.